The van der Waals surface area contributed by atoms with Crippen LogP contribution in [-0.4, -0.2) is 17.1 Å². The van der Waals surface area contributed by atoms with Crippen molar-refractivity contribution >= 4 is 11.6 Å². The van der Waals surface area contributed by atoms with Gasteiger partial charge < -0.3 is 4.74 Å². The van der Waals surface area contributed by atoms with Crippen LogP contribution in [0.2, 0.25) is 5.15 Å². The molecule has 0 radical (unpaired) electrons. The number of benzene rings is 1. The van der Waals surface area contributed by atoms with Gasteiger partial charge in [0.05, 0.1) is 12.8 Å². The van der Waals surface area contributed by atoms with Crippen molar-refractivity contribution in [1.82, 2.24) is 9.97 Å². The van der Waals surface area contributed by atoms with E-state index in [9.17, 15) is 0 Å². The largest absolute Gasteiger partial charge is 0.496 e. The molecule has 1 aromatic heterocycles. The van der Waals surface area contributed by atoms with Crippen LogP contribution < -0.4 is 4.74 Å². The maximum Gasteiger partial charge on any atom is 0.133 e. The van der Waals surface area contributed by atoms with Crippen molar-refractivity contribution in [3.8, 4) is 17.0 Å². The normalized spacial score (nSPS) is 10.9. The van der Waals surface area contributed by atoms with Crippen LogP contribution in [0.1, 0.15) is 36.7 Å². The molecule has 1 heterocycles. The lowest BCUT2D eigenvalue weighted by Gasteiger charge is -2.13. The summed E-state index contributed by atoms with van der Waals surface area (Å²) >= 11 is 6.12. The van der Waals surface area contributed by atoms with Gasteiger partial charge in [0.25, 0.3) is 0 Å². The van der Waals surface area contributed by atoms with E-state index in [4.69, 9.17) is 16.3 Å². The summed E-state index contributed by atoms with van der Waals surface area (Å²) in [5, 5.41) is 0.478. The molecule has 0 amide bonds. The Morgan fingerprint density at radius 3 is 2.35 bits per heavy atom. The molecule has 0 aliphatic carbocycles. The highest BCUT2D eigenvalue weighted by atomic mass is 35.5. The summed E-state index contributed by atoms with van der Waals surface area (Å²) in [4.78, 5) is 8.90. The first-order valence-electron chi connectivity index (χ1n) is 6.62. The number of aromatic nitrogens is 2. The molecule has 0 atom stereocenters. The fourth-order valence-corrected chi connectivity index (χ4v) is 2.31. The van der Waals surface area contributed by atoms with Gasteiger partial charge in [-0.25, -0.2) is 9.97 Å². The minimum absolute atomic E-state index is 0.243. The number of ether oxygens (including phenoxy) is 1. The summed E-state index contributed by atoms with van der Waals surface area (Å²) in [5.41, 5.74) is 4.11. The van der Waals surface area contributed by atoms with E-state index in [0.29, 0.717) is 5.15 Å². The average molecular weight is 291 g/mol. The number of halogens is 1. The smallest absolute Gasteiger partial charge is 0.133 e. The van der Waals surface area contributed by atoms with Crippen LogP contribution in [0.15, 0.2) is 18.2 Å². The zero-order valence-corrected chi connectivity index (χ0v) is 13.2. The highest BCUT2D eigenvalue weighted by molar-refractivity contribution is 6.29. The Hall–Kier alpha value is -1.61. The van der Waals surface area contributed by atoms with Crippen LogP contribution in [0.3, 0.4) is 0 Å². The number of methoxy groups -OCH3 is 1. The number of hydrogen-bond acceptors (Lipinski definition) is 3. The van der Waals surface area contributed by atoms with E-state index < -0.39 is 0 Å². The zero-order chi connectivity index (χ0) is 14.9. The molecule has 0 fully saturated rings. The molecule has 2 aromatic rings. The number of aryl methyl sites for hydroxylation is 2. The molecular formula is C16H19ClN2O. The monoisotopic (exact) mass is 290 g/mol. The molecule has 106 valence electrons. The lowest BCUT2D eigenvalue weighted by atomic mass is 10.0. The molecule has 20 heavy (non-hydrogen) atoms. The van der Waals surface area contributed by atoms with Gasteiger partial charge in [-0.3, -0.25) is 0 Å². The molecule has 0 spiro atoms. The average Bonchev–Trinajstić information content (AvgIpc) is 2.40. The Kier molecular flexibility index (Phi) is 4.29. The first-order valence-corrected chi connectivity index (χ1v) is 7.00. The Labute approximate surface area is 125 Å². The number of hydrogen-bond donors (Lipinski definition) is 0. The molecule has 2 rings (SSSR count). The second kappa shape index (κ2) is 5.80. The van der Waals surface area contributed by atoms with Gasteiger partial charge in [-0.05, 0) is 37.1 Å². The predicted molar refractivity (Wildman–Crippen MR) is 82.6 cm³/mol. The van der Waals surface area contributed by atoms with Crippen molar-refractivity contribution < 1.29 is 4.74 Å². The summed E-state index contributed by atoms with van der Waals surface area (Å²) in [6.45, 7) is 8.18. The van der Waals surface area contributed by atoms with Crippen molar-refractivity contribution in [2.24, 2.45) is 0 Å². The van der Waals surface area contributed by atoms with Crippen LogP contribution >= 0.6 is 11.6 Å². The van der Waals surface area contributed by atoms with Gasteiger partial charge in [-0.2, -0.15) is 0 Å². The van der Waals surface area contributed by atoms with Crippen LogP contribution in [0.5, 0.6) is 5.75 Å². The van der Waals surface area contributed by atoms with Crippen molar-refractivity contribution in [1.29, 1.82) is 0 Å². The van der Waals surface area contributed by atoms with E-state index in [1.807, 2.05) is 26.0 Å². The van der Waals surface area contributed by atoms with Crippen molar-refractivity contribution in [3.05, 3.63) is 40.3 Å². The fraction of sp³-hybridized carbons (Fsp3) is 0.375. The third-order valence-corrected chi connectivity index (χ3v) is 3.44. The van der Waals surface area contributed by atoms with Crippen molar-refractivity contribution in [3.63, 3.8) is 0 Å². The van der Waals surface area contributed by atoms with E-state index in [0.717, 1.165) is 34.0 Å². The molecule has 0 bridgehead atoms. The van der Waals surface area contributed by atoms with Crippen LogP contribution in [0, 0.1) is 13.8 Å². The van der Waals surface area contributed by atoms with Crippen LogP contribution in [0.25, 0.3) is 11.3 Å². The quantitative estimate of drug-likeness (QED) is 0.778. The Bertz CT molecular complexity index is 639. The fourth-order valence-electron chi connectivity index (χ4n) is 2.12. The van der Waals surface area contributed by atoms with E-state index in [2.05, 4.69) is 29.9 Å². The molecule has 4 heteroatoms. The van der Waals surface area contributed by atoms with Crippen molar-refractivity contribution in [2.75, 3.05) is 7.11 Å². The summed E-state index contributed by atoms with van der Waals surface area (Å²) in [6.07, 6.45) is 0. The van der Waals surface area contributed by atoms with Gasteiger partial charge in [0.2, 0.25) is 0 Å². The number of nitrogens with zero attached hydrogens (tertiary/aromatic N) is 2. The summed E-state index contributed by atoms with van der Waals surface area (Å²) in [7, 11) is 1.68. The van der Waals surface area contributed by atoms with E-state index in [1.54, 1.807) is 7.11 Å². The topological polar surface area (TPSA) is 35.0 Å². The molecule has 0 saturated heterocycles. The highest BCUT2D eigenvalue weighted by Crippen LogP contribution is 2.30. The van der Waals surface area contributed by atoms with E-state index in [1.165, 1.54) is 0 Å². The first kappa shape index (κ1) is 14.8. The molecule has 0 unspecified atom stereocenters. The van der Waals surface area contributed by atoms with Gasteiger partial charge >= 0.3 is 0 Å². The zero-order valence-electron chi connectivity index (χ0n) is 12.5. The van der Waals surface area contributed by atoms with Gasteiger partial charge in [-0.15, -0.1) is 0 Å². The van der Waals surface area contributed by atoms with Crippen molar-refractivity contribution in [2.45, 2.75) is 33.6 Å². The SMILES string of the molecule is COc1cc(C)c(-c2cc(Cl)nc(C(C)C)n2)cc1C. The second-order valence-electron chi connectivity index (χ2n) is 5.23. The van der Waals surface area contributed by atoms with Crippen LogP contribution in [-0.2, 0) is 0 Å². The third kappa shape index (κ3) is 2.93. The third-order valence-electron chi connectivity index (χ3n) is 3.25. The first-order chi connectivity index (χ1) is 9.42. The molecule has 0 aliphatic rings. The predicted octanol–water partition coefficient (Wildman–Crippen LogP) is 4.55. The highest BCUT2D eigenvalue weighted by Gasteiger charge is 2.12. The Morgan fingerprint density at radius 1 is 1.05 bits per heavy atom. The van der Waals surface area contributed by atoms with E-state index >= 15 is 0 Å². The summed E-state index contributed by atoms with van der Waals surface area (Å²) < 4.78 is 5.34. The van der Waals surface area contributed by atoms with Gasteiger partial charge in [-0.1, -0.05) is 25.4 Å². The summed E-state index contributed by atoms with van der Waals surface area (Å²) in [6, 6.07) is 5.91. The van der Waals surface area contributed by atoms with Gasteiger partial charge in [0, 0.05) is 17.5 Å². The molecule has 0 saturated carbocycles. The minimum atomic E-state index is 0.243. The minimum Gasteiger partial charge on any atom is -0.496 e. The van der Waals surface area contributed by atoms with Gasteiger partial charge in [0.1, 0.15) is 16.7 Å². The molecule has 0 N–H and O–H groups in total. The maximum atomic E-state index is 6.12. The second-order valence-corrected chi connectivity index (χ2v) is 5.61. The Morgan fingerprint density at radius 2 is 1.75 bits per heavy atom. The molecule has 1 aromatic carbocycles. The molecule has 0 aliphatic heterocycles. The number of rotatable bonds is 3. The molecular weight excluding hydrogens is 272 g/mol. The summed E-state index contributed by atoms with van der Waals surface area (Å²) in [5.74, 6) is 1.89. The van der Waals surface area contributed by atoms with Gasteiger partial charge in [0.15, 0.2) is 0 Å². The van der Waals surface area contributed by atoms with Crippen LogP contribution in [0.4, 0.5) is 0 Å². The molecule has 3 nitrogen and oxygen atoms in total. The lowest BCUT2D eigenvalue weighted by molar-refractivity contribution is 0.411. The lowest BCUT2D eigenvalue weighted by Crippen LogP contribution is -2.00. The standard InChI is InChI=1S/C16H19ClN2O/c1-9(2)16-18-13(8-15(17)19-16)12-6-11(4)14(20-5)7-10(12)3/h6-9H,1-5H3. The maximum absolute atomic E-state index is 6.12. The Balaban J connectivity index is 2.59. The van der Waals surface area contributed by atoms with E-state index in [-0.39, 0.29) is 5.92 Å².